The van der Waals surface area contributed by atoms with Crippen LogP contribution in [-0.2, 0) is 11.2 Å². The Hall–Kier alpha value is -3.03. The fourth-order valence-electron chi connectivity index (χ4n) is 2.72. The first-order valence-corrected chi connectivity index (χ1v) is 8.17. The van der Waals surface area contributed by atoms with E-state index in [0.717, 1.165) is 12.1 Å². The molecule has 0 unspecified atom stereocenters. The van der Waals surface area contributed by atoms with E-state index >= 15 is 0 Å². The van der Waals surface area contributed by atoms with Crippen LogP contribution >= 0.6 is 0 Å². The molecule has 2 aromatic rings. The molecule has 1 fully saturated rings. The van der Waals surface area contributed by atoms with Crippen LogP contribution in [0.3, 0.4) is 0 Å². The lowest BCUT2D eigenvalue weighted by molar-refractivity contribution is -0.384. The largest absolute Gasteiger partial charge is 0.329 e. The van der Waals surface area contributed by atoms with Gasteiger partial charge in [-0.25, -0.2) is 9.97 Å². The quantitative estimate of drug-likeness (QED) is 0.612. The van der Waals surface area contributed by atoms with E-state index in [1.54, 1.807) is 17.0 Å². The van der Waals surface area contributed by atoms with Gasteiger partial charge in [0, 0.05) is 36.0 Å². The number of non-ortho nitro benzene ring substituents is 1. The number of carbonyl (C=O) groups is 1. The molecular weight excluding hydrogens is 322 g/mol. The molecule has 3 rings (SSSR count). The lowest BCUT2D eigenvalue weighted by Crippen LogP contribution is -2.27. The fraction of sp³-hybridized carbons (Fsp3) is 0.353. The van der Waals surface area contributed by atoms with E-state index in [2.05, 4.69) is 9.97 Å². The zero-order valence-corrected chi connectivity index (χ0v) is 14.2. The summed E-state index contributed by atoms with van der Waals surface area (Å²) in [6.07, 6.45) is 0.731. The maximum absolute atomic E-state index is 12.0. The van der Waals surface area contributed by atoms with E-state index in [0.29, 0.717) is 37.0 Å². The molecule has 8 nitrogen and oxygen atoms in total. The lowest BCUT2D eigenvalue weighted by atomic mass is 10.2. The standard InChI is InChI=1S/C17H19N5O3/c1-3-13-9-15(21-10-16(23)20(4-2)11-21)19-17(18-13)12-5-7-14(8-6-12)22(24)25/h5-9H,3-4,10-11H2,1-2H3. The average molecular weight is 341 g/mol. The molecule has 0 atom stereocenters. The predicted molar refractivity (Wildman–Crippen MR) is 93.1 cm³/mol. The Labute approximate surface area is 145 Å². The Kier molecular flexibility index (Phi) is 4.60. The molecule has 0 N–H and O–H groups in total. The Morgan fingerprint density at radius 2 is 1.92 bits per heavy atom. The van der Waals surface area contributed by atoms with Crippen molar-refractivity contribution in [3.63, 3.8) is 0 Å². The van der Waals surface area contributed by atoms with Crippen LogP contribution in [0, 0.1) is 10.1 Å². The van der Waals surface area contributed by atoms with E-state index in [-0.39, 0.29) is 11.6 Å². The van der Waals surface area contributed by atoms with Crippen LogP contribution in [0.2, 0.25) is 0 Å². The number of nitro benzene ring substituents is 1. The van der Waals surface area contributed by atoms with Crippen molar-refractivity contribution in [3.05, 3.63) is 46.1 Å². The van der Waals surface area contributed by atoms with E-state index in [9.17, 15) is 14.9 Å². The second-order valence-corrected chi connectivity index (χ2v) is 5.79. The van der Waals surface area contributed by atoms with Gasteiger partial charge in [0.25, 0.3) is 5.69 Å². The smallest absolute Gasteiger partial charge is 0.269 e. The monoisotopic (exact) mass is 341 g/mol. The highest BCUT2D eigenvalue weighted by molar-refractivity contribution is 5.84. The number of likely N-dealkylation sites (N-methyl/N-ethyl adjacent to an activating group) is 1. The van der Waals surface area contributed by atoms with Gasteiger partial charge in [-0.1, -0.05) is 6.92 Å². The maximum atomic E-state index is 12.0. The topological polar surface area (TPSA) is 92.5 Å². The molecule has 0 spiro atoms. The number of carbonyl (C=O) groups excluding carboxylic acids is 1. The number of amides is 1. The van der Waals surface area contributed by atoms with Gasteiger partial charge >= 0.3 is 0 Å². The molecule has 2 heterocycles. The summed E-state index contributed by atoms with van der Waals surface area (Å²) in [5.41, 5.74) is 1.60. The third kappa shape index (κ3) is 3.42. The molecule has 1 aliphatic heterocycles. The van der Waals surface area contributed by atoms with Gasteiger partial charge in [0.1, 0.15) is 12.4 Å². The molecule has 8 heteroatoms. The van der Waals surface area contributed by atoms with Gasteiger partial charge in [-0.3, -0.25) is 14.9 Å². The van der Waals surface area contributed by atoms with Crippen LogP contribution < -0.4 is 4.90 Å². The highest BCUT2D eigenvalue weighted by Crippen LogP contribution is 2.24. The number of anilines is 1. The molecule has 1 aromatic carbocycles. The molecule has 0 bridgehead atoms. The van der Waals surface area contributed by atoms with Gasteiger partial charge in [0.2, 0.25) is 5.91 Å². The van der Waals surface area contributed by atoms with Gasteiger partial charge in [0.15, 0.2) is 5.82 Å². The predicted octanol–water partition coefficient (Wildman–Crippen LogP) is 2.24. The lowest BCUT2D eigenvalue weighted by Gasteiger charge is -2.18. The van der Waals surface area contributed by atoms with Gasteiger partial charge in [-0.2, -0.15) is 0 Å². The Balaban J connectivity index is 1.95. The second-order valence-electron chi connectivity index (χ2n) is 5.79. The third-order valence-electron chi connectivity index (χ3n) is 4.19. The van der Waals surface area contributed by atoms with Gasteiger partial charge in [0.05, 0.1) is 11.6 Å². The summed E-state index contributed by atoms with van der Waals surface area (Å²) in [6, 6.07) is 8.06. The zero-order valence-electron chi connectivity index (χ0n) is 14.2. The van der Waals surface area contributed by atoms with Gasteiger partial charge in [-0.15, -0.1) is 0 Å². The number of hydrogen-bond donors (Lipinski definition) is 0. The molecule has 1 saturated heterocycles. The Morgan fingerprint density at radius 1 is 1.20 bits per heavy atom. The van der Waals surface area contributed by atoms with Crippen molar-refractivity contribution in [1.82, 2.24) is 14.9 Å². The number of hydrogen-bond acceptors (Lipinski definition) is 6. The average Bonchev–Trinajstić information content (AvgIpc) is 3.02. The molecular formula is C17H19N5O3. The molecule has 1 aromatic heterocycles. The van der Waals surface area contributed by atoms with Crippen LogP contribution in [0.15, 0.2) is 30.3 Å². The number of nitrogens with zero attached hydrogens (tertiary/aromatic N) is 5. The van der Waals surface area contributed by atoms with Crippen molar-refractivity contribution in [3.8, 4) is 11.4 Å². The van der Waals surface area contributed by atoms with Crippen LogP contribution in [-0.4, -0.2) is 45.5 Å². The van der Waals surface area contributed by atoms with E-state index in [4.69, 9.17) is 0 Å². The van der Waals surface area contributed by atoms with Crippen molar-refractivity contribution in [1.29, 1.82) is 0 Å². The Bertz CT molecular complexity index is 806. The molecule has 25 heavy (non-hydrogen) atoms. The number of aromatic nitrogens is 2. The van der Waals surface area contributed by atoms with E-state index in [1.165, 1.54) is 12.1 Å². The summed E-state index contributed by atoms with van der Waals surface area (Å²) < 4.78 is 0. The first kappa shape index (κ1) is 16.8. The summed E-state index contributed by atoms with van der Waals surface area (Å²) >= 11 is 0. The summed E-state index contributed by atoms with van der Waals surface area (Å²) in [5, 5.41) is 10.8. The normalized spacial score (nSPS) is 14.2. The number of aryl methyl sites for hydroxylation is 1. The summed E-state index contributed by atoms with van der Waals surface area (Å²) in [6.45, 7) is 5.42. The minimum atomic E-state index is -0.437. The maximum Gasteiger partial charge on any atom is 0.269 e. The first-order chi connectivity index (χ1) is 12.0. The van der Waals surface area contributed by atoms with E-state index in [1.807, 2.05) is 24.8 Å². The summed E-state index contributed by atoms with van der Waals surface area (Å²) in [5.74, 6) is 1.28. The first-order valence-electron chi connectivity index (χ1n) is 8.17. The highest BCUT2D eigenvalue weighted by Gasteiger charge is 2.27. The number of rotatable bonds is 5. The van der Waals surface area contributed by atoms with Crippen molar-refractivity contribution in [2.75, 3.05) is 24.7 Å². The summed E-state index contributed by atoms with van der Waals surface area (Å²) in [7, 11) is 0. The molecule has 0 radical (unpaired) electrons. The fourth-order valence-corrected chi connectivity index (χ4v) is 2.72. The van der Waals surface area contributed by atoms with Crippen molar-refractivity contribution < 1.29 is 9.72 Å². The Morgan fingerprint density at radius 3 is 2.48 bits per heavy atom. The number of nitro groups is 1. The number of benzene rings is 1. The molecule has 0 aliphatic carbocycles. The SMILES string of the molecule is CCc1cc(N2CC(=O)N(CC)C2)nc(-c2ccc([N+](=O)[O-])cc2)n1. The zero-order chi connectivity index (χ0) is 18.0. The minimum Gasteiger partial charge on any atom is -0.329 e. The van der Waals surface area contributed by atoms with Crippen LogP contribution in [0.5, 0.6) is 0 Å². The van der Waals surface area contributed by atoms with Crippen molar-refractivity contribution >= 4 is 17.4 Å². The van der Waals surface area contributed by atoms with Gasteiger partial charge < -0.3 is 9.80 Å². The second kappa shape index (κ2) is 6.84. The van der Waals surface area contributed by atoms with Crippen LogP contribution in [0.4, 0.5) is 11.5 Å². The van der Waals surface area contributed by atoms with E-state index < -0.39 is 4.92 Å². The van der Waals surface area contributed by atoms with Crippen molar-refractivity contribution in [2.24, 2.45) is 0 Å². The molecule has 130 valence electrons. The third-order valence-corrected chi connectivity index (χ3v) is 4.19. The van der Waals surface area contributed by atoms with Crippen LogP contribution in [0.1, 0.15) is 19.5 Å². The molecule has 1 amide bonds. The molecule has 0 saturated carbocycles. The van der Waals surface area contributed by atoms with Gasteiger partial charge in [-0.05, 0) is 25.5 Å². The summed E-state index contributed by atoms with van der Waals surface area (Å²) in [4.78, 5) is 35.1. The highest BCUT2D eigenvalue weighted by atomic mass is 16.6. The minimum absolute atomic E-state index is 0.0272. The molecule has 1 aliphatic rings. The van der Waals surface area contributed by atoms with Crippen molar-refractivity contribution in [2.45, 2.75) is 20.3 Å². The van der Waals surface area contributed by atoms with Crippen LogP contribution in [0.25, 0.3) is 11.4 Å².